The van der Waals surface area contributed by atoms with Gasteiger partial charge in [0, 0.05) is 43.7 Å². The molecule has 3 rings (SSSR count). The predicted octanol–water partition coefficient (Wildman–Crippen LogP) is 4.72. The van der Waals surface area contributed by atoms with Crippen LogP contribution in [0.3, 0.4) is 0 Å². The number of piperazine rings is 1. The van der Waals surface area contributed by atoms with Crippen LogP contribution in [0.25, 0.3) is 0 Å². The summed E-state index contributed by atoms with van der Waals surface area (Å²) in [5, 5.41) is 5.14. The molecule has 0 aromatic heterocycles. The molecule has 13 heteroatoms. The minimum absolute atomic E-state index is 0.0566. The third-order valence-corrected chi connectivity index (χ3v) is 6.35. The smallest absolute Gasteiger partial charge is 0.340 e. The molecule has 2 unspecified atom stereocenters. The van der Waals surface area contributed by atoms with Gasteiger partial charge in [0.2, 0.25) is 5.91 Å². The highest BCUT2D eigenvalue weighted by atomic mass is 19.4. The van der Waals surface area contributed by atoms with Crippen molar-refractivity contribution >= 4 is 17.8 Å². The number of urea groups is 1. The van der Waals surface area contributed by atoms with Crippen LogP contribution in [-0.4, -0.2) is 65.4 Å². The Labute approximate surface area is 227 Å². The second-order valence-electron chi connectivity index (χ2n) is 9.94. The molecule has 218 valence electrons. The molecule has 2 aromatic rings. The second-order valence-corrected chi connectivity index (χ2v) is 9.94. The first kappa shape index (κ1) is 30.8. The van der Waals surface area contributed by atoms with Gasteiger partial charge < -0.3 is 20.4 Å². The maximum absolute atomic E-state index is 13.6. The van der Waals surface area contributed by atoms with E-state index >= 15 is 0 Å². The van der Waals surface area contributed by atoms with E-state index in [-0.39, 0.29) is 50.2 Å². The van der Waals surface area contributed by atoms with Crippen molar-refractivity contribution in [3.63, 3.8) is 0 Å². The number of alkyl halides is 6. The molecule has 40 heavy (non-hydrogen) atoms. The van der Waals surface area contributed by atoms with Crippen molar-refractivity contribution in [2.24, 2.45) is 0 Å². The standard InChI is InChI=1S/C27H30F6N4O3/c1-16(2)34-25(40)37-10-9-36(15-17(37)3)24(39)22(11-18-7-5-4-6-8-18)35-23(38)19-12-20(26(28,29)30)14-21(13-19)27(31,32)33/h4-8,12-14,16-17,22H,9-11,15H2,1-3H3,(H,34,40)(H,35,38). The molecular formula is C27H30F6N4O3. The van der Waals surface area contributed by atoms with E-state index in [9.17, 15) is 40.7 Å². The maximum atomic E-state index is 13.6. The molecule has 0 bridgehead atoms. The molecule has 0 spiro atoms. The zero-order valence-electron chi connectivity index (χ0n) is 22.1. The minimum atomic E-state index is -5.13. The van der Waals surface area contributed by atoms with Crippen molar-refractivity contribution < 1.29 is 40.7 Å². The summed E-state index contributed by atoms with van der Waals surface area (Å²) < 4.78 is 79.9. The van der Waals surface area contributed by atoms with Crippen LogP contribution in [0.5, 0.6) is 0 Å². The van der Waals surface area contributed by atoms with Crippen LogP contribution in [0.1, 0.15) is 47.8 Å². The first-order valence-electron chi connectivity index (χ1n) is 12.6. The third kappa shape index (κ3) is 7.89. The van der Waals surface area contributed by atoms with Crippen LogP contribution in [0.15, 0.2) is 48.5 Å². The molecule has 1 heterocycles. The van der Waals surface area contributed by atoms with Gasteiger partial charge in [0.1, 0.15) is 6.04 Å². The number of nitrogens with one attached hydrogen (secondary N) is 2. The highest BCUT2D eigenvalue weighted by Gasteiger charge is 2.38. The molecule has 4 amide bonds. The summed E-state index contributed by atoms with van der Waals surface area (Å²) in [5.41, 5.74) is -3.54. The fraction of sp³-hybridized carbons (Fsp3) is 0.444. The highest BCUT2D eigenvalue weighted by Crippen LogP contribution is 2.36. The molecule has 1 saturated heterocycles. The second kappa shape index (κ2) is 12.2. The van der Waals surface area contributed by atoms with Gasteiger partial charge in [-0.25, -0.2) is 4.79 Å². The van der Waals surface area contributed by atoms with Gasteiger partial charge in [-0.2, -0.15) is 26.3 Å². The molecule has 0 aliphatic carbocycles. The maximum Gasteiger partial charge on any atom is 0.416 e. The number of hydrogen-bond acceptors (Lipinski definition) is 3. The van der Waals surface area contributed by atoms with Crippen molar-refractivity contribution in [3.8, 4) is 0 Å². The minimum Gasteiger partial charge on any atom is -0.340 e. The SMILES string of the molecule is CC(C)NC(=O)N1CCN(C(=O)C(Cc2ccccc2)NC(=O)c2cc(C(F)(F)F)cc(C(F)(F)F)c2)CC1C. The summed E-state index contributed by atoms with van der Waals surface area (Å²) in [6.07, 6.45) is -10.3. The molecule has 0 saturated carbocycles. The molecule has 1 aliphatic rings. The van der Waals surface area contributed by atoms with Gasteiger partial charge >= 0.3 is 18.4 Å². The van der Waals surface area contributed by atoms with E-state index in [1.165, 1.54) is 4.90 Å². The predicted molar refractivity (Wildman–Crippen MR) is 134 cm³/mol. The zero-order valence-corrected chi connectivity index (χ0v) is 22.1. The zero-order chi connectivity index (χ0) is 29.8. The van der Waals surface area contributed by atoms with Gasteiger partial charge in [0.05, 0.1) is 11.1 Å². The number of carbonyl (C=O) groups is 3. The lowest BCUT2D eigenvalue weighted by Crippen LogP contribution is -2.61. The summed E-state index contributed by atoms with van der Waals surface area (Å²) >= 11 is 0. The fourth-order valence-corrected chi connectivity index (χ4v) is 4.39. The molecule has 7 nitrogen and oxygen atoms in total. The van der Waals surface area contributed by atoms with Gasteiger partial charge in [-0.3, -0.25) is 9.59 Å². The molecule has 2 aromatic carbocycles. The number of rotatable bonds is 6. The lowest BCUT2D eigenvalue weighted by Gasteiger charge is -2.41. The summed E-state index contributed by atoms with van der Waals surface area (Å²) in [6, 6.07) is 6.96. The normalized spacial score (nSPS) is 17.0. The lowest BCUT2D eigenvalue weighted by atomic mass is 10.0. The first-order chi connectivity index (χ1) is 18.6. The molecular weight excluding hydrogens is 542 g/mol. The first-order valence-corrected chi connectivity index (χ1v) is 12.6. The van der Waals surface area contributed by atoms with Gasteiger partial charge in [-0.05, 0) is 44.5 Å². The fourth-order valence-electron chi connectivity index (χ4n) is 4.39. The monoisotopic (exact) mass is 572 g/mol. The molecule has 1 aliphatic heterocycles. The summed E-state index contributed by atoms with van der Waals surface area (Å²) in [5.74, 6) is -1.83. The quantitative estimate of drug-likeness (QED) is 0.492. The summed E-state index contributed by atoms with van der Waals surface area (Å²) in [7, 11) is 0. The number of nitrogens with zero attached hydrogens (tertiary/aromatic N) is 2. The van der Waals surface area contributed by atoms with E-state index < -0.39 is 46.9 Å². The highest BCUT2D eigenvalue weighted by molar-refractivity contribution is 5.98. The third-order valence-electron chi connectivity index (χ3n) is 6.35. The van der Waals surface area contributed by atoms with Crippen molar-refractivity contribution in [1.82, 2.24) is 20.4 Å². The molecule has 0 radical (unpaired) electrons. The average Bonchev–Trinajstić information content (AvgIpc) is 2.86. The van der Waals surface area contributed by atoms with Crippen molar-refractivity contribution in [2.45, 2.75) is 57.7 Å². The summed E-state index contributed by atoms with van der Waals surface area (Å²) in [4.78, 5) is 42.0. The van der Waals surface area contributed by atoms with Gasteiger partial charge in [0.15, 0.2) is 0 Å². The topological polar surface area (TPSA) is 81.8 Å². The Morgan fingerprint density at radius 1 is 0.900 bits per heavy atom. The van der Waals surface area contributed by atoms with Crippen LogP contribution < -0.4 is 10.6 Å². The van der Waals surface area contributed by atoms with Gasteiger partial charge in [-0.1, -0.05) is 30.3 Å². The van der Waals surface area contributed by atoms with Crippen LogP contribution in [-0.2, 0) is 23.6 Å². The van der Waals surface area contributed by atoms with Crippen molar-refractivity contribution in [3.05, 3.63) is 70.8 Å². The van der Waals surface area contributed by atoms with Crippen molar-refractivity contribution in [1.29, 1.82) is 0 Å². The Morgan fingerprint density at radius 2 is 1.48 bits per heavy atom. The van der Waals surface area contributed by atoms with E-state index in [1.807, 2.05) is 0 Å². The van der Waals surface area contributed by atoms with E-state index in [1.54, 1.807) is 56.0 Å². The van der Waals surface area contributed by atoms with Crippen LogP contribution in [0, 0.1) is 0 Å². The van der Waals surface area contributed by atoms with Gasteiger partial charge in [0.25, 0.3) is 5.91 Å². The number of amides is 4. The Kier molecular flexibility index (Phi) is 9.36. The number of benzene rings is 2. The van der Waals surface area contributed by atoms with E-state index in [4.69, 9.17) is 0 Å². The Hall–Kier alpha value is -3.77. The average molecular weight is 573 g/mol. The molecule has 2 atom stereocenters. The van der Waals surface area contributed by atoms with Gasteiger partial charge in [-0.15, -0.1) is 0 Å². The number of halogens is 6. The van der Waals surface area contributed by atoms with Crippen LogP contribution >= 0.6 is 0 Å². The van der Waals surface area contributed by atoms with Crippen molar-refractivity contribution in [2.75, 3.05) is 19.6 Å². The van der Waals surface area contributed by atoms with Crippen LogP contribution in [0.4, 0.5) is 31.1 Å². The largest absolute Gasteiger partial charge is 0.416 e. The molecule has 2 N–H and O–H groups in total. The lowest BCUT2D eigenvalue weighted by molar-refractivity contribution is -0.143. The number of hydrogen-bond donors (Lipinski definition) is 2. The Morgan fingerprint density at radius 3 is 1.98 bits per heavy atom. The summed E-state index contributed by atoms with van der Waals surface area (Å²) in [6.45, 7) is 5.79. The Balaban J connectivity index is 1.87. The van der Waals surface area contributed by atoms with E-state index in [0.717, 1.165) is 0 Å². The van der Waals surface area contributed by atoms with E-state index in [2.05, 4.69) is 10.6 Å². The van der Waals surface area contributed by atoms with Crippen LogP contribution in [0.2, 0.25) is 0 Å². The number of carbonyl (C=O) groups excluding carboxylic acids is 3. The molecule has 1 fully saturated rings. The van der Waals surface area contributed by atoms with E-state index in [0.29, 0.717) is 17.7 Å². The Bertz CT molecular complexity index is 1180.